The van der Waals surface area contributed by atoms with Crippen molar-refractivity contribution in [3.63, 3.8) is 0 Å². The molecule has 21 heavy (non-hydrogen) atoms. The molecule has 5 heteroatoms. The standard InChI is InChI=1S/C16H10Cl4O/c17-15(18)13(11-7-3-1-4-8-11)21-14(16(19)20)12-9-5-2-6-10-12/h1-10H. The van der Waals surface area contributed by atoms with E-state index < -0.39 is 0 Å². The highest BCUT2D eigenvalue weighted by Gasteiger charge is 2.15. The van der Waals surface area contributed by atoms with Gasteiger partial charge in [0.1, 0.15) is 8.98 Å². The zero-order chi connectivity index (χ0) is 15.2. The van der Waals surface area contributed by atoms with E-state index in [0.717, 1.165) is 11.1 Å². The Morgan fingerprint density at radius 3 is 1.19 bits per heavy atom. The van der Waals surface area contributed by atoms with Crippen LogP contribution in [0.15, 0.2) is 69.6 Å². The summed E-state index contributed by atoms with van der Waals surface area (Å²) in [5.74, 6) is 0.577. The van der Waals surface area contributed by atoms with E-state index in [1.165, 1.54) is 0 Å². The Morgan fingerprint density at radius 2 is 0.905 bits per heavy atom. The highest BCUT2D eigenvalue weighted by molar-refractivity contribution is 6.59. The molecule has 0 atom stereocenters. The van der Waals surface area contributed by atoms with Crippen LogP contribution in [0.5, 0.6) is 0 Å². The normalized spacial score (nSPS) is 9.90. The van der Waals surface area contributed by atoms with Crippen molar-refractivity contribution in [1.29, 1.82) is 0 Å². The fourth-order valence-electron chi connectivity index (χ4n) is 1.69. The van der Waals surface area contributed by atoms with E-state index in [2.05, 4.69) is 0 Å². The van der Waals surface area contributed by atoms with E-state index in [1.54, 1.807) is 0 Å². The number of hydrogen-bond acceptors (Lipinski definition) is 1. The quantitative estimate of drug-likeness (QED) is 0.558. The van der Waals surface area contributed by atoms with Crippen LogP contribution in [0, 0.1) is 0 Å². The number of rotatable bonds is 4. The Bertz CT molecular complexity index is 596. The lowest BCUT2D eigenvalue weighted by Crippen LogP contribution is -1.95. The molecule has 0 N–H and O–H groups in total. The van der Waals surface area contributed by atoms with Crippen LogP contribution in [0.4, 0.5) is 0 Å². The maximum atomic E-state index is 5.93. The molecule has 0 fully saturated rings. The molecular weight excluding hydrogens is 350 g/mol. The molecule has 0 heterocycles. The summed E-state index contributed by atoms with van der Waals surface area (Å²) in [7, 11) is 0. The fraction of sp³-hybridized carbons (Fsp3) is 0. The molecule has 2 aromatic carbocycles. The molecule has 0 aliphatic carbocycles. The van der Waals surface area contributed by atoms with Crippen LogP contribution in [-0.2, 0) is 4.74 Å². The fourth-order valence-corrected chi connectivity index (χ4v) is 2.29. The van der Waals surface area contributed by atoms with Crippen molar-refractivity contribution in [3.05, 3.63) is 80.8 Å². The second kappa shape index (κ2) is 7.77. The monoisotopic (exact) mass is 358 g/mol. The largest absolute Gasteiger partial charge is 0.451 e. The molecule has 0 aromatic heterocycles. The third-order valence-electron chi connectivity index (χ3n) is 2.62. The van der Waals surface area contributed by atoms with E-state index in [-0.39, 0.29) is 20.5 Å². The number of benzene rings is 2. The summed E-state index contributed by atoms with van der Waals surface area (Å²) in [6, 6.07) is 18.5. The third-order valence-corrected chi connectivity index (χ3v) is 3.31. The third kappa shape index (κ3) is 4.42. The van der Waals surface area contributed by atoms with Crippen LogP contribution in [0.2, 0.25) is 0 Å². The van der Waals surface area contributed by atoms with Gasteiger partial charge in [0, 0.05) is 11.1 Å². The maximum absolute atomic E-state index is 5.93. The van der Waals surface area contributed by atoms with E-state index in [4.69, 9.17) is 51.1 Å². The Hall–Kier alpha value is -1.12. The van der Waals surface area contributed by atoms with Gasteiger partial charge >= 0.3 is 0 Å². The second-order valence-electron chi connectivity index (χ2n) is 4.01. The van der Waals surface area contributed by atoms with Crippen LogP contribution in [0.25, 0.3) is 11.5 Å². The molecule has 0 saturated heterocycles. The van der Waals surface area contributed by atoms with Crippen molar-refractivity contribution in [2.45, 2.75) is 0 Å². The van der Waals surface area contributed by atoms with E-state index in [0.29, 0.717) is 0 Å². The van der Waals surface area contributed by atoms with Crippen LogP contribution in [-0.4, -0.2) is 0 Å². The summed E-state index contributed by atoms with van der Waals surface area (Å²) in [6.07, 6.45) is 0. The average molecular weight is 360 g/mol. The van der Waals surface area contributed by atoms with Crippen molar-refractivity contribution < 1.29 is 4.74 Å². The Balaban J connectivity index is 2.41. The summed E-state index contributed by atoms with van der Waals surface area (Å²) in [5.41, 5.74) is 1.45. The van der Waals surface area contributed by atoms with Gasteiger partial charge < -0.3 is 4.74 Å². The molecule has 0 bridgehead atoms. The van der Waals surface area contributed by atoms with Gasteiger partial charge in [0.2, 0.25) is 0 Å². The lowest BCUT2D eigenvalue weighted by Gasteiger charge is -2.14. The smallest absolute Gasteiger partial charge is 0.164 e. The molecule has 0 radical (unpaired) electrons. The molecule has 2 aromatic rings. The molecular formula is C16H10Cl4O. The van der Waals surface area contributed by atoms with Gasteiger partial charge in [-0.1, -0.05) is 107 Å². The summed E-state index contributed by atoms with van der Waals surface area (Å²) in [4.78, 5) is 0. The number of ether oxygens (including phenoxy) is 1. The zero-order valence-corrected chi connectivity index (χ0v) is 13.7. The maximum Gasteiger partial charge on any atom is 0.164 e. The summed E-state index contributed by atoms with van der Waals surface area (Å²) >= 11 is 23.7. The molecule has 2 rings (SSSR count). The van der Waals surface area contributed by atoms with E-state index in [1.807, 2.05) is 60.7 Å². The molecule has 1 nitrogen and oxygen atoms in total. The molecule has 0 spiro atoms. The van der Waals surface area contributed by atoms with Crippen LogP contribution < -0.4 is 0 Å². The highest BCUT2D eigenvalue weighted by atomic mass is 35.5. The first-order valence-electron chi connectivity index (χ1n) is 5.99. The molecule has 0 unspecified atom stereocenters. The van der Waals surface area contributed by atoms with Crippen molar-refractivity contribution >= 4 is 57.9 Å². The van der Waals surface area contributed by atoms with Gasteiger partial charge in [0.25, 0.3) is 0 Å². The van der Waals surface area contributed by atoms with Crippen LogP contribution in [0.1, 0.15) is 11.1 Å². The van der Waals surface area contributed by atoms with Gasteiger partial charge in [-0.15, -0.1) is 0 Å². The summed E-state index contributed by atoms with van der Waals surface area (Å²) < 4.78 is 5.76. The van der Waals surface area contributed by atoms with Gasteiger partial charge in [0.15, 0.2) is 11.5 Å². The molecule has 0 aliphatic heterocycles. The van der Waals surface area contributed by atoms with Crippen LogP contribution in [0.3, 0.4) is 0 Å². The van der Waals surface area contributed by atoms with Gasteiger partial charge in [-0.05, 0) is 0 Å². The van der Waals surface area contributed by atoms with E-state index in [9.17, 15) is 0 Å². The Morgan fingerprint density at radius 1 is 0.571 bits per heavy atom. The first-order valence-corrected chi connectivity index (χ1v) is 7.50. The first kappa shape index (κ1) is 16.3. The molecule has 0 amide bonds. The Kier molecular flexibility index (Phi) is 6.01. The van der Waals surface area contributed by atoms with Crippen molar-refractivity contribution in [3.8, 4) is 0 Å². The van der Waals surface area contributed by atoms with Gasteiger partial charge in [-0.2, -0.15) is 0 Å². The number of halogens is 4. The minimum atomic E-state index is -0.00999. The summed E-state index contributed by atoms with van der Waals surface area (Å²) in [5, 5.41) is 0. The van der Waals surface area contributed by atoms with E-state index >= 15 is 0 Å². The summed E-state index contributed by atoms with van der Waals surface area (Å²) in [6.45, 7) is 0. The van der Waals surface area contributed by atoms with Crippen molar-refractivity contribution in [2.24, 2.45) is 0 Å². The van der Waals surface area contributed by atoms with Crippen LogP contribution >= 0.6 is 46.4 Å². The lowest BCUT2D eigenvalue weighted by atomic mass is 10.2. The van der Waals surface area contributed by atoms with Gasteiger partial charge in [-0.3, -0.25) is 0 Å². The zero-order valence-electron chi connectivity index (χ0n) is 10.7. The number of hydrogen-bond donors (Lipinski definition) is 0. The molecule has 0 saturated carbocycles. The minimum absolute atomic E-state index is 0.00999. The molecule has 0 aliphatic rings. The van der Waals surface area contributed by atoms with Gasteiger partial charge in [-0.25, -0.2) is 0 Å². The van der Waals surface area contributed by atoms with Gasteiger partial charge in [0.05, 0.1) is 0 Å². The van der Waals surface area contributed by atoms with Crippen molar-refractivity contribution in [2.75, 3.05) is 0 Å². The second-order valence-corrected chi connectivity index (χ2v) is 5.91. The first-order chi connectivity index (χ1) is 10.1. The molecule has 108 valence electrons. The van der Waals surface area contributed by atoms with Crippen molar-refractivity contribution in [1.82, 2.24) is 0 Å². The predicted octanol–water partition coefficient (Wildman–Crippen LogP) is 6.61. The minimum Gasteiger partial charge on any atom is -0.451 e. The highest BCUT2D eigenvalue weighted by Crippen LogP contribution is 2.34. The lowest BCUT2D eigenvalue weighted by molar-refractivity contribution is 0.471. The average Bonchev–Trinajstić information content (AvgIpc) is 2.49. The predicted molar refractivity (Wildman–Crippen MR) is 91.2 cm³/mol. The topological polar surface area (TPSA) is 9.23 Å². The Labute approximate surface area is 143 Å². The SMILES string of the molecule is ClC(Cl)=C(OC(=C(Cl)Cl)c1ccccc1)c1ccccc1.